The molecule has 0 amide bonds. The van der Waals surface area contributed by atoms with Crippen molar-refractivity contribution in [3.05, 3.63) is 11.6 Å². The van der Waals surface area contributed by atoms with Gasteiger partial charge in [0, 0.05) is 5.92 Å². The van der Waals surface area contributed by atoms with Gasteiger partial charge in [0.1, 0.15) is 0 Å². The lowest BCUT2D eigenvalue weighted by molar-refractivity contribution is -0.134. The van der Waals surface area contributed by atoms with E-state index < -0.39 is 25.6 Å². The lowest BCUT2D eigenvalue weighted by Gasteiger charge is -2.04. The zero-order valence-corrected chi connectivity index (χ0v) is 15.3. The van der Waals surface area contributed by atoms with E-state index in [0.717, 1.165) is 25.0 Å². The van der Waals surface area contributed by atoms with Gasteiger partial charge < -0.3 is 15.3 Å². The molecule has 8 heteroatoms. The Balaban J connectivity index is 4.11. The minimum Gasteiger partial charge on any atom is -0.481 e. The maximum absolute atomic E-state index is 11.9. The van der Waals surface area contributed by atoms with Gasteiger partial charge in [0.05, 0.1) is 11.3 Å². The molecule has 0 bridgehead atoms. The number of allylic oxidation sites excluding steroid dienone is 1. The molecule has 0 heterocycles. The van der Waals surface area contributed by atoms with Gasteiger partial charge in [-0.15, -0.1) is 0 Å². The minimum absolute atomic E-state index is 0.0889. The third kappa shape index (κ3) is 11.3. The molecule has 2 atom stereocenters. The molecule has 0 aromatic rings. The van der Waals surface area contributed by atoms with Crippen molar-refractivity contribution in [2.24, 2.45) is 5.92 Å². The summed E-state index contributed by atoms with van der Waals surface area (Å²) in [7, 11) is -1.99. The number of hydrogen-bond donors (Lipinski definition) is 3. The second-order valence-corrected chi connectivity index (χ2v) is 8.35. The molecule has 0 fully saturated rings. The van der Waals surface area contributed by atoms with E-state index in [2.05, 4.69) is 0 Å². The fraction of sp³-hybridized carbons (Fsp3) is 0.733. The fourth-order valence-corrected chi connectivity index (χ4v) is 3.95. The van der Waals surface area contributed by atoms with Crippen molar-refractivity contribution in [2.75, 3.05) is 17.7 Å². The SMILES string of the molecule is CC(C)C(O)[P+](=O)CC(=CCCCCCSCC(=O)O)C(=O)O. The molecule has 0 saturated carbocycles. The zero-order chi connectivity index (χ0) is 17.8. The highest BCUT2D eigenvalue weighted by molar-refractivity contribution is 7.99. The second-order valence-electron chi connectivity index (χ2n) is 5.56. The molecule has 0 radical (unpaired) electrons. The van der Waals surface area contributed by atoms with Crippen molar-refractivity contribution in [1.29, 1.82) is 0 Å². The lowest BCUT2D eigenvalue weighted by Crippen LogP contribution is -2.13. The molecule has 0 aromatic carbocycles. The molecule has 0 rings (SSSR count). The number of unbranched alkanes of at least 4 members (excludes halogenated alkanes) is 3. The Morgan fingerprint density at radius 2 is 1.83 bits per heavy atom. The van der Waals surface area contributed by atoms with E-state index in [-0.39, 0.29) is 23.4 Å². The predicted octanol–water partition coefficient (Wildman–Crippen LogP) is 3.18. The highest BCUT2D eigenvalue weighted by Crippen LogP contribution is 2.33. The van der Waals surface area contributed by atoms with E-state index in [4.69, 9.17) is 10.2 Å². The summed E-state index contributed by atoms with van der Waals surface area (Å²) in [6, 6.07) is 0. The van der Waals surface area contributed by atoms with Crippen molar-refractivity contribution in [3.8, 4) is 0 Å². The van der Waals surface area contributed by atoms with E-state index in [1.807, 2.05) is 0 Å². The smallest absolute Gasteiger partial charge is 0.375 e. The van der Waals surface area contributed by atoms with Gasteiger partial charge in [0.2, 0.25) is 0 Å². The number of carbonyl (C=O) groups is 2. The molecule has 0 aliphatic heterocycles. The average Bonchev–Trinajstić information content (AvgIpc) is 2.46. The third-order valence-electron chi connectivity index (χ3n) is 3.10. The summed E-state index contributed by atoms with van der Waals surface area (Å²) in [5, 5.41) is 27.3. The van der Waals surface area contributed by atoms with Crippen LogP contribution in [-0.2, 0) is 14.2 Å². The lowest BCUT2D eigenvalue weighted by atomic mass is 10.1. The highest BCUT2D eigenvalue weighted by atomic mass is 32.2. The first kappa shape index (κ1) is 22.1. The molecule has 0 aliphatic rings. The number of carboxylic acids is 2. The van der Waals surface area contributed by atoms with Gasteiger partial charge in [-0.3, -0.25) is 4.79 Å². The van der Waals surface area contributed by atoms with E-state index in [9.17, 15) is 19.3 Å². The van der Waals surface area contributed by atoms with Crippen LogP contribution in [0.4, 0.5) is 0 Å². The van der Waals surface area contributed by atoms with Crippen LogP contribution in [0.2, 0.25) is 0 Å². The van der Waals surface area contributed by atoms with Crippen molar-refractivity contribution in [1.82, 2.24) is 0 Å². The van der Waals surface area contributed by atoms with Gasteiger partial charge in [0.15, 0.2) is 6.16 Å². The van der Waals surface area contributed by atoms with Crippen LogP contribution in [0.5, 0.6) is 0 Å². The van der Waals surface area contributed by atoms with Crippen LogP contribution in [0.25, 0.3) is 0 Å². The highest BCUT2D eigenvalue weighted by Gasteiger charge is 2.33. The first-order valence-corrected chi connectivity index (χ1v) is 10.3. The van der Waals surface area contributed by atoms with E-state index in [0.29, 0.717) is 6.42 Å². The van der Waals surface area contributed by atoms with Gasteiger partial charge in [0.25, 0.3) is 5.85 Å². The fourth-order valence-electron chi connectivity index (χ4n) is 1.77. The van der Waals surface area contributed by atoms with Crippen LogP contribution >= 0.6 is 19.6 Å². The number of aliphatic hydroxyl groups is 1. The summed E-state index contributed by atoms with van der Waals surface area (Å²) < 4.78 is 11.9. The molecular weight excluding hydrogens is 339 g/mol. The molecular formula is C15H26O6PS+. The largest absolute Gasteiger partial charge is 0.481 e. The normalized spacial score (nSPS) is 13.9. The molecule has 0 aliphatic carbocycles. The average molecular weight is 365 g/mol. The second kappa shape index (κ2) is 12.5. The van der Waals surface area contributed by atoms with Crippen LogP contribution < -0.4 is 0 Å². The Morgan fingerprint density at radius 3 is 2.35 bits per heavy atom. The standard InChI is InChI=1S/C15H25O6PS/c1-11(2)15(20)22(21)9-12(14(18)19)7-5-3-4-6-8-23-10-13(16)17/h7,11,15,20H,3-6,8-10H2,1-2H3,(H-,16,17,18,19)/p+1. The number of thioether (sulfide) groups is 1. The van der Waals surface area contributed by atoms with Gasteiger partial charge >= 0.3 is 19.7 Å². The Morgan fingerprint density at radius 1 is 1.17 bits per heavy atom. The number of rotatable bonds is 13. The minimum atomic E-state index is -1.99. The molecule has 2 unspecified atom stereocenters. The topological polar surface area (TPSA) is 112 Å². The Kier molecular flexibility index (Phi) is 12.0. The van der Waals surface area contributed by atoms with Gasteiger partial charge in [-0.2, -0.15) is 11.8 Å². The maximum atomic E-state index is 11.9. The summed E-state index contributed by atoms with van der Waals surface area (Å²) in [4.78, 5) is 21.5. The van der Waals surface area contributed by atoms with Crippen molar-refractivity contribution in [2.45, 2.75) is 45.4 Å². The van der Waals surface area contributed by atoms with E-state index in [1.54, 1.807) is 19.9 Å². The van der Waals surface area contributed by atoms with E-state index >= 15 is 0 Å². The molecule has 0 saturated heterocycles. The number of carboxylic acid groups (broad SMARTS) is 2. The molecule has 132 valence electrons. The molecule has 6 nitrogen and oxygen atoms in total. The number of aliphatic carboxylic acids is 2. The first-order valence-electron chi connectivity index (χ1n) is 7.59. The monoisotopic (exact) mass is 365 g/mol. The van der Waals surface area contributed by atoms with E-state index in [1.165, 1.54) is 11.8 Å². The molecule has 0 spiro atoms. The summed E-state index contributed by atoms with van der Waals surface area (Å²) in [6.07, 6.45) is 4.61. The van der Waals surface area contributed by atoms with Crippen LogP contribution in [0.1, 0.15) is 39.5 Å². The van der Waals surface area contributed by atoms with Gasteiger partial charge in [-0.05, 0) is 25.0 Å². The summed E-state index contributed by atoms with van der Waals surface area (Å²) >= 11 is 1.37. The van der Waals surface area contributed by atoms with Crippen molar-refractivity contribution in [3.63, 3.8) is 0 Å². The molecule has 3 N–H and O–H groups in total. The van der Waals surface area contributed by atoms with Crippen LogP contribution in [0.15, 0.2) is 11.6 Å². The zero-order valence-electron chi connectivity index (χ0n) is 13.6. The Hall–Kier alpha value is -0.910. The molecule has 0 aromatic heterocycles. The van der Waals surface area contributed by atoms with Crippen LogP contribution in [0, 0.1) is 5.92 Å². The third-order valence-corrected chi connectivity index (χ3v) is 5.97. The quantitative estimate of drug-likeness (QED) is 0.261. The van der Waals surface area contributed by atoms with Crippen molar-refractivity contribution >= 4 is 31.5 Å². The number of hydrogen-bond acceptors (Lipinski definition) is 5. The van der Waals surface area contributed by atoms with Crippen LogP contribution in [0.3, 0.4) is 0 Å². The summed E-state index contributed by atoms with van der Waals surface area (Å²) in [5.74, 6) is -2.19. The number of aliphatic hydroxyl groups excluding tert-OH is 1. The summed E-state index contributed by atoms with van der Waals surface area (Å²) in [6.45, 7) is 3.48. The van der Waals surface area contributed by atoms with Crippen molar-refractivity contribution < 1.29 is 29.5 Å². The summed E-state index contributed by atoms with van der Waals surface area (Å²) in [5.41, 5.74) is 0.0889. The maximum Gasteiger partial charge on any atom is 0.375 e. The first-order chi connectivity index (χ1) is 10.8. The van der Waals surface area contributed by atoms with Crippen LogP contribution in [-0.4, -0.2) is 50.8 Å². The predicted molar refractivity (Wildman–Crippen MR) is 92.5 cm³/mol. The Bertz CT molecular complexity index is 436. The Labute approximate surface area is 142 Å². The van der Waals surface area contributed by atoms with Gasteiger partial charge in [-0.1, -0.05) is 30.9 Å². The van der Waals surface area contributed by atoms with Gasteiger partial charge in [-0.25, -0.2) is 4.79 Å². The molecule has 23 heavy (non-hydrogen) atoms.